The molecule has 0 bridgehead atoms. The Hall–Kier alpha value is -3.02. The number of benzene rings is 2. The molecule has 0 saturated carbocycles. The number of aliphatic carboxylic acids is 1. The average molecular weight is 476 g/mol. The Morgan fingerprint density at radius 2 is 1.81 bits per heavy atom. The molecule has 5 N–H and O–H groups in total. The van der Waals surface area contributed by atoms with Crippen LogP contribution >= 0.6 is 36.2 Å². The zero-order valence-corrected chi connectivity index (χ0v) is 18.9. The maximum absolute atomic E-state index is 11.6. The van der Waals surface area contributed by atoms with Crippen LogP contribution in [-0.2, 0) is 11.2 Å². The fourth-order valence-electron chi connectivity index (χ4n) is 2.34. The van der Waals surface area contributed by atoms with Crippen molar-refractivity contribution in [3.63, 3.8) is 0 Å². The lowest BCUT2D eigenvalue weighted by atomic mass is 10.1. The molecule has 0 aliphatic carbocycles. The van der Waals surface area contributed by atoms with Gasteiger partial charge in [-0.25, -0.2) is 4.79 Å². The molecule has 8 nitrogen and oxygen atoms in total. The van der Waals surface area contributed by atoms with Gasteiger partial charge >= 0.3 is 5.97 Å². The maximum Gasteiger partial charge on any atom is 0.326 e. The minimum Gasteiger partial charge on any atom is -0.508 e. The smallest absolute Gasteiger partial charge is 0.326 e. The highest BCUT2D eigenvalue weighted by molar-refractivity contribution is 8.22. The van der Waals surface area contributed by atoms with Crippen LogP contribution < -0.4 is 16.2 Å². The van der Waals surface area contributed by atoms with E-state index < -0.39 is 12.0 Å². The van der Waals surface area contributed by atoms with E-state index in [1.165, 1.54) is 30.1 Å². The van der Waals surface area contributed by atoms with Gasteiger partial charge in [-0.05, 0) is 36.2 Å². The summed E-state index contributed by atoms with van der Waals surface area (Å²) < 4.78 is 0.507. The summed E-state index contributed by atoms with van der Waals surface area (Å²) in [5.41, 5.74) is 7.34. The quantitative estimate of drug-likeness (QED) is 0.223. The molecule has 1 atom stereocenters. The van der Waals surface area contributed by atoms with Crippen LogP contribution in [0.4, 0.5) is 0 Å². The molecule has 0 radical (unpaired) electrons. The number of hydrogen-bond acceptors (Lipinski definition) is 7. The zero-order chi connectivity index (χ0) is 22.6. The number of thiocarbonyl (C=S) groups is 2. The molecule has 31 heavy (non-hydrogen) atoms. The monoisotopic (exact) mass is 475 g/mol. The third-order valence-corrected chi connectivity index (χ3v) is 5.12. The molecule has 2 aromatic rings. The van der Waals surface area contributed by atoms with E-state index in [1.54, 1.807) is 12.1 Å². The number of rotatable bonds is 8. The first-order valence-corrected chi connectivity index (χ1v) is 11.0. The van der Waals surface area contributed by atoms with Crippen molar-refractivity contribution in [1.82, 2.24) is 16.2 Å². The van der Waals surface area contributed by atoms with Crippen molar-refractivity contribution in [2.24, 2.45) is 10.2 Å². The molecule has 2 rings (SSSR count). The molecule has 0 aliphatic heterocycles. The van der Waals surface area contributed by atoms with E-state index in [9.17, 15) is 15.0 Å². The van der Waals surface area contributed by atoms with Crippen molar-refractivity contribution < 1.29 is 15.0 Å². The van der Waals surface area contributed by atoms with Crippen LogP contribution in [0.5, 0.6) is 5.75 Å². The fraction of sp³-hybridized carbons (Fsp3) is 0.150. The van der Waals surface area contributed by atoms with E-state index in [0.717, 1.165) is 11.1 Å². The minimum atomic E-state index is -1.07. The van der Waals surface area contributed by atoms with Crippen molar-refractivity contribution in [2.45, 2.75) is 12.5 Å². The molecule has 162 valence electrons. The fourth-order valence-corrected chi connectivity index (χ4v) is 2.72. The number of hydrazone groups is 2. The lowest BCUT2D eigenvalue weighted by Gasteiger charge is -2.16. The van der Waals surface area contributed by atoms with Crippen LogP contribution in [0.15, 0.2) is 64.8 Å². The van der Waals surface area contributed by atoms with E-state index in [1.807, 2.05) is 36.6 Å². The van der Waals surface area contributed by atoms with Gasteiger partial charge in [0.1, 0.15) is 17.5 Å². The molecule has 1 unspecified atom stereocenters. The minimum absolute atomic E-state index is 0.0422. The number of carboxylic acid groups (broad SMARTS) is 1. The normalized spacial score (nSPS) is 12.2. The number of hydrogen-bond donors (Lipinski definition) is 5. The van der Waals surface area contributed by atoms with Crippen LogP contribution in [0.25, 0.3) is 0 Å². The lowest BCUT2D eigenvalue weighted by molar-refractivity contribution is -0.139. The molecule has 0 aliphatic rings. The largest absolute Gasteiger partial charge is 0.508 e. The highest BCUT2D eigenvalue weighted by Gasteiger charge is 2.19. The Balaban J connectivity index is 2.08. The topological polar surface area (TPSA) is 118 Å². The Kier molecular flexibility index (Phi) is 9.88. The van der Waals surface area contributed by atoms with Crippen LogP contribution in [-0.4, -0.2) is 49.8 Å². The van der Waals surface area contributed by atoms with Crippen molar-refractivity contribution >= 4 is 63.5 Å². The SMILES string of the molecule is CSC(=S)NN=CC(=NNC(=S)NC(Cc1ccc(O)cc1)C(=O)O)c1ccccc1. The highest BCUT2D eigenvalue weighted by atomic mass is 32.2. The van der Waals surface area contributed by atoms with Gasteiger partial charge in [0.15, 0.2) is 9.43 Å². The Morgan fingerprint density at radius 1 is 1.13 bits per heavy atom. The molecular formula is C20H21N5O3S3. The summed E-state index contributed by atoms with van der Waals surface area (Å²) >= 11 is 11.6. The Bertz CT molecular complexity index is 966. The van der Waals surface area contributed by atoms with Gasteiger partial charge in [0.2, 0.25) is 0 Å². The van der Waals surface area contributed by atoms with Gasteiger partial charge in [0, 0.05) is 12.0 Å². The predicted molar refractivity (Wildman–Crippen MR) is 133 cm³/mol. The predicted octanol–water partition coefficient (Wildman–Crippen LogP) is 2.48. The van der Waals surface area contributed by atoms with Crippen molar-refractivity contribution in [3.8, 4) is 5.75 Å². The van der Waals surface area contributed by atoms with E-state index in [-0.39, 0.29) is 17.3 Å². The zero-order valence-electron chi connectivity index (χ0n) is 16.5. The molecule has 0 fully saturated rings. The number of thioether (sulfide) groups is 1. The summed E-state index contributed by atoms with van der Waals surface area (Å²) in [6.07, 6.45) is 3.49. The maximum atomic E-state index is 11.6. The Morgan fingerprint density at radius 3 is 2.42 bits per heavy atom. The second-order valence-electron chi connectivity index (χ2n) is 6.07. The molecule has 0 heterocycles. The first-order chi connectivity index (χ1) is 14.9. The number of nitrogens with zero attached hydrogens (tertiary/aromatic N) is 2. The van der Waals surface area contributed by atoms with Crippen molar-refractivity contribution in [1.29, 1.82) is 0 Å². The molecule has 0 spiro atoms. The third kappa shape index (κ3) is 8.70. The molecule has 0 aromatic heterocycles. The number of nitrogens with one attached hydrogen (secondary N) is 3. The van der Waals surface area contributed by atoms with Gasteiger partial charge in [-0.3, -0.25) is 10.9 Å². The van der Waals surface area contributed by atoms with Gasteiger partial charge in [0.05, 0.1) is 6.21 Å². The number of phenols is 1. The average Bonchev–Trinajstić information content (AvgIpc) is 2.77. The summed E-state index contributed by atoms with van der Waals surface area (Å²) in [6.45, 7) is 0. The van der Waals surface area contributed by atoms with E-state index >= 15 is 0 Å². The summed E-state index contributed by atoms with van der Waals surface area (Å²) in [7, 11) is 0. The van der Waals surface area contributed by atoms with Crippen LogP contribution in [0, 0.1) is 0 Å². The second kappa shape index (κ2) is 12.6. The molecule has 11 heteroatoms. The van der Waals surface area contributed by atoms with Gasteiger partial charge in [-0.15, -0.1) is 0 Å². The van der Waals surface area contributed by atoms with Crippen molar-refractivity contribution in [3.05, 3.63) is 65.7 Å². The molecular weight excluding hydrogens is 454 g/mol. The second-order valence-corrected chi connectivity index (χ2v) is 7.96. The van der Waals surface area contributed by atoms with E-state index in [0.29, 0.717) is 10.0 Å². The molecule has 0 saturated heterocycles. The number of phenolic OH excluding ortho intramolecular Hbond substituents is 1. The standard InChI is InChI=1S/C20H21N5O3S3/c1-31-20(30)25-21-12-17(14-5-3-2-4-6-14)23-24-19(29)22-16(18(27)28)11-13-7-9-15(26)10-8-13/h2-10,12,16,26H,11H2,1H3,(H,25,30)(H,27,28)(H2,22,24,29). The van der Waals surface area contributed by atoms with Crippen LogP contribution in [0.2, 0.25) is 0 Å². The lowest BCUT2D eigenvalue weighted by Crippen LogP contribution is -2.46. The van der Waals surface area contributed by atoms with Gasteiger partial charge in [-0.2, -0.15) is 10.2 Å². The first-order valence-electron chi connectivity index (χ1n) is 8.96. The van der Waals surface area contributed by atoms with Crippen molar-refractivity contribution in [2.75, 3.05) is 6.26 Å². The van der Waals surface area contributed by atoms with E-state index in [2.05, 4.69) is 26.4 Å². The molecule has 0 amide bonds. The van der Waals surface area contributed by atoms with Crippen LogP contribution in [0.1, 0.15) is 11.1 Å². The number of aromatic hydroxyl groups is 1. The van der Waals surface area contributed by atoms with Gasteiger partial charge < -0.3 is 15.5 Å². The molecule has 2 aromatic carbocycles. The van der Waals surface area contributed by atoms with Gasteiger partial charge in [-0.1, -0.05) is 66.4 Å². The number of carboxylic acids is 1. The van der Waals surface area contributed by atoms with Crippen LogP contribution in [0.3, 0.4) is 0 Å². The summed E-state index contributed by atoms with van der Waals surface area (Å²) in [6, 6.07) is 14.6. The Labute approximate surface area is 194 Å². The van der Waals surface area contributed by atoms with E-state index in [4.69, 9.17) is 24.4 Å². The highest BCUT2D eigenvalue weighted by Crippen LogP contribution is 2.11. The summed E-state index contributed by atoms with van der Waals surface area (Å²) in [4.78, 5) is 11.6. The number of carbonyl (C=O) groups is 1. The van der Waals surface area contributed by atoms with Gasteiger partial charge in [0.25, 0.3) is 0 Å². The first kappa shape index (κ1) is 24.3. The summed E-state index contributed by atoms with van der Waals surface area (Å²) in [5.74, 6) is -0.959. The third-order valence-electron chi connectivity index (χ3n) is 3.86. The summed E-state index contributed by atoms with van der Waals surface area (Å²) in [5, 5.41) is 30.0.